The van der Waals surface area contributed by atoms with Gasteiger partial charge in [-0.2, -0.15) is 0 Å². The Hall–Kier alpha value is -2.05. The Morgan fingerprint density at radius 2 is 2.04 bits per heavy atom. The number of aromatic nitrogens is 2. The van der Waals surface area contributed by atoms with E-state index >= 15 is 0 Å². The molecule has 1 saturated heterocycles. The lowest BCUT2D eigenvalue weighted by atomic mass is 9.99. The third-order valence-corrected chi connectivity index (χ3v) is 4.81. The van der Waals surface area contributed by atoms with Crippen LogP contribution < -0.4 is 15.0 Å². The molecular formula is C18H20Cl2N4O2. The molecular weight excluding hydrogens is 375 g/mol. The van der Waals surface area contributed by atoms with Gasteiger partial charge in [-0.25, -0.2) is 9.97 Å². The average molecular weight is 395 g/mol. The van der Waals surface area contributed by atoms with Crippen LogP contribution in [-0.4, -0.2) is 35.6 Å². The van der Waals surface area contributed by atoms with Crippen molar-refractivity contribution in [3.05, 3.63) is 40.6 Å². The quantitative estimate of drug-likeness (QED) is 0.828. The van der Waals surface area contributed by atoms with E-state index in [9.17, 15) is 4.79 Å². The molecule has 0 aliphatic carbocycles. The molecule has 26 heavy (non-hydrogen) atoms. The van der Waals surface area contributed by atoms with Crippen molar-refractivity contribution in [1.29, 1.82) is 0 Å². The van der Waals surface area contributed by atoms with E-state index in [1.807, 2.05) is 0 Å². The maximum atomic E-state index is 12.1. The molecule has 1 aromatic carbocycles. The van der Waals surface area contributed by atoms with Crippen LogP contribution in [0.1, 0.15) is 19.8 Å². The number of carbonyl (C=O) groups excluding carboxylic acids is 1. The Morgan fingerprint density at radius 1 is 1.27 bits per heavy atom. The van der Waals surface area contributed by atoms with E-state index in [4.69, 9.17) is 27.9 Å². The summed E-state index contributed by atoms with van der Waals surface area (Å²) in [7, 11) is 0. The van der Waals surface area contributed by atoms with Crippen molar-refractivity contribution in [3.63, 3.8) is 0 Å². The molecule has 1 aliphatic rings. The van der Waals surface area contributed by atoms with E-state index in [-0.39, 0.29) is 12.5 Å². The molecule has 1 amide bonds. The molecule has 2 heterocycles. The third-order valence-electron chi connectivity index (χ3n) is 4.28. The fraction of sp³-hybridized carbons (Fsp3) is 0.389. The number of nitrogens with zero attached hydrogens (tertiary/aromatic N) is 3. The van der Waals surface area contributed by atoms with Crippen LogP contribution in [0.25, 0.3) is 0 Å². The van der Waals surface area contributed by atoms with E-state index in [1.165, 1.54) is 6.33 Å². The second kappa shape index (κ2) is 8.56. The lowest BCUT2D eigenvalue weighted by Gasteiger charge is -2.31. The number of hydrogen-bond donors (Lipinski definition) is 1. The normalized spacial score (nSPS) is 15.0. The Morgan fingerprint density at radius 3 is 2.77 bits per heavy atom. The van der Waals surface area contributed by atoms with Gasteiger partial charge >= 0.3 is 0 Å². The Balaban J connectivity index is 1.56. The van der Waals surface area contributed by atoms with Gasteiger partial charge in [-0.3, -0.25) is 4.79 Å². The Bertz CT molecular complexity index is 780. The van der Waals surface area contributed by atoms with Gasteiger partial charge in [0.25, 0.3) is 5.91 Å². The van der Waals surface area contributed by atoms with E-state index in [0.717, 1.165) is 37.7 Å². The fourth-order valence-electron chi connectivity index (χ4n) is 2.74. The molecule has 6 nitrogen and oxygen atoms in total. The number of piperidine rings is 1. The van der Waals surface area contributed by atoms with Crippen LogP contribution in [-0.2, 0) is 4.79 Å². The maximum Gasteiger partial charge on any atom is 0.263 e. The summed E-state index contributed by atoms with van der Waals surface area (Å²) in [5, 5.41) is 3.58. The monoisotopic (exact) mass is 394 g/mol. The molecule has 0 unspecified atom stereocenters. The highest BCUT2D eigenvalue weighted by Gasteiger charge is 2.17. The van der Waals surface area contributed by atoms with Crippen molar-refractivity contribution in [2.75, 3.05) is 29.9 Å². The first-order valence-electron chi connectivity index (χ1n) is 8.46. The first-order chi connectivity index (χ1) is 12.5. The zero-order valence-electron chi connectivity index (χ0n) is 14.4. The highest BCUT2D eigenvalue weighted by molar-refractivity contribution is 6.35. The second-order valence-electron chi connectivity index (χ2n) is 6.34. The molecule has 0 radical (unpaired) electrons. The number of rotatable bonds is 5. The maximum absolute atomic E-state index is 12.1. The van der Waals surface area contributed by atoms with Gasteiger partial charge in [0, 0.05) is 24.2 Å². The number of ether oxygens (including phenoxy) is 1. The topological polar surface area (TPSA) is 67.4 Å². The molecule has 8 heteroatoms. The number of benzene rings is 1. The zero-order chi connectivity index (χ0) is 18.5. The van der Waals surface area contributed by atoms with Crippen LogP contribution in [0.5, 0.6) is 5.75 Å². The molecule has 1 N–H and O–H groups in total. The second-order valence-corrected chi connectivity index (χ2v) is 7.19. The SMILES string of the molecule is CC1CCN(c2cc(NC(=O)COc3ccc(Cl)cc3Cl)ncn2)CC1. The van der Waals surface area contributed by atoms with Gasteiger partial charge in [0.05, 0.1) is 5.02 Å². The fourth-order valence-corrected chi connectivity index (χ4v) is 3.20. The van der Waals surface area contributed by atoms with E-state index in [0.29, 0.717) is 21.6 Å². The molecule has 0 atom stereocenters. The summed E-state index contributed by atoms with van der Waals surface area (Å²) in [6.45, 7) is 4.01. The molecule has 1 aromatic heterocycles. The number of anilines is 2. The first kappa shape index (κ1) is 18.7. The standard InChI is InChI=1S/C18H20Cl2N4O2/c1-12-4-6-24(7-5-12)17-9-16(21-11-22-17)23-18(25)10-26-15-3-2-13(19)8-14(15)20/h2-3,8-9,11-12H,4-7,10H2,1H3,(H,21,22,23,25). The predicted octanol–water partition coefficient (Wildman–Crippen LogP) is 4.04. The van der Waals surface area contributed by atoms with Gasteiger partial charge in [0.15, 0.2) is 6.61 Å². The number of nitrogens with one attached hydrogen (secondary N) is 1. The largest absolute Gasteiger partial charge is 0.482 e. The molecule has 1 fully saturated rings. The van der Waals surface area contributed by atoms with Crippen molar-refractivity contribution in [2.24, 2.45) is 5.92 Å². The Labute approximate surface area is 162 Å². The van der Waals surface area contributed by atoms with Crippen LogP contribution >= 0.6 is 23.2 Å². The lowest BCUT2D eigenvalue weighted by Crippen LogP contribution is -2.33. The molecule has 0 saturated carbocycles. The van der Waals surface area contributed by atoms with Crippen LogP contribution in [0.3, 0.4) is 0 Å². The van der Waals surface area contributed by atoms with Crippen LogP contribution in [0.15, 0.2) is 30.6 Å². The van der Waals surface area contributed by atoms with E-state index in [1.54, 1.807) is 24.3 Å². The van der Waals surface area contributed by atoms with Gasteiger partial charge in [0.1, 0.15) is 23.7 Å². The minimum Gasteiger partial charge on any atom is -0.482 e. The minimum atomic E-state index is -0.326. The van der Waals surface area contributed by atoms with E-state index < -0.39 is 0 Å². The molecule has 1 aliphatic heterocycles. The highest BCUT2D eigenvalue weighted by Crippen LogP contribution is 2.27. The van der Waals surface area contributed by atoms with Crippen LogP contribution in [0.4, 0.5) is 11.6 Å². The first-order valence-corrected chi connectivity index (χ1v) is 9.21. The molecule has 0 bridgehead atoms. The van der Waals surface area contributed by atoms with Gasteiger partial charge in [-0.05, 0) is 37.0 Å². The van der Waals surface area contributed by atoms with Crippen molar-refractivity contribution in [2.45, 2.75) is 19.8 Å². The number of halogens is 2. The summed E-state index contributed by atoms with van der Waals surface area (Å²) >= 11 is 11.9. The van der Waals surface area contributed by atoms with Crippen LogP contribution in [0.2, 0.25) is 10.0 Å². The van der Waals surface area contributed by atoms with Gasteiger partial charge in [-0.15, -0.1) is 0 Å². The summed E-state index contributed by atoms with van der Waals surface area (Å²) in [5.74, 6) is 2.09. The van der Waals surface area contributed by atoms with Gasteiger partial charge in [-0.1, -0.05) is 30.1 Å². The number of hydrogen-bond acceptors (Lipinski definition) is 5. The smallest absolute Gasteiger partial charge is 0.263 e. The lowest BCUT2D eigenvalue weighted by molar-refractivity contribution is -0.118. The predicted molar refractivity (Wildman–Crippen MR) is 103 cm³/mol. The highest BCUT2D eigenvalue weighted by atomic mass is 35.5. The zero-order valence-corrected chi connectivity index (χ0v) is 15.9. The van der Waals surface area contributed by atoms with Crippen molar-refractivity contribution < 1.29 is 9.53 Å². The molecule has 0 spiro atoms. The molecule has 3 rings (SSSR count). The summed E-state index contributed by atoms with van der Waals surface area (Å²) in [6.07, 6.45) is 3.74. The van der Waals surface area contributed by atoms with Crippen molar-refractivity contribution in [1.82, 2.24) is 9.97 Å². The van der Waals surface area contributed by atoms with Gasteiger partial charge in [0.2, 0.25) is 0 Å². The Kier molecular flexibility index (Phi) is 6.16. The number of amides is 1. The van der Waals surface area contributed by atoms with Crippen molar-refractivity contribution >= 4 is 40.7 Å². The van der Waals surface area contributed by atoms with Crippen LogP contribution in [0, 0.1) is 5.92 Å². The summed E-state index contributed by atoms with van der Waals surface area (Å²) < 4.78 is 5.43. The minimum absolute atomic E-state index is 0.179. The summed E-state index contributed by atoms with van der Waals surface area (Å²) in [6, 6.07) is 6.62. The molecule has 138 valence electrons. The van der Waals surface area contributed by atoms with Crippen molar-refractivity contribution in [3.8, 4) is 5.75 Å². The summed E-state index contributed by atoms with van der Waals surface area (Å²) in [4.78, 5) is 22.7. The third kappa shape index (κ3) is 4.99. The molecule has 2 aromatic rings. The number of carbonyl (C=O) groups is 1. The average Bonchev–Trinajstić information content (AvgIpc) is 2.62. The van der Waals surface area contributed by atoms with E-state index in [2.05, 4.69) is 27.1 Å². The summed E-state index contributed by atoms with van der Waals surface area (Å²) in [5.41, 5.74) is 0. The van der Waals surface area contributed by atoms with Gasteiger partial charge < -0.3 is 15.0 Å².